The third-order valence-corrected chi connectivity index (χ3v) is 5.36. The third-order valence-electron chi connectivity index (χ3n) is 4.21. The fourth-order valence-corrected chi connectivity index (χ4v) is 3.86. The minimum atomic E-state index is -0.574. The van der Waals surface area contributed by atoms with Crippen molar-refractivity contribution in [2.75, 3.05) is 10.6 Å². The molecule has 26 heavy (non-hydrogen) atoms. The second kappa shape index (κ2) is 6.61. The molecule has 4 nitrogen and oxygen atoms in total. The van der Waals surface area contributed by atoms with E-state index in [9.17, 15) is 4.79 Å². The Hall–Kier alpha value is -3.18. The first-order valence-electron chi connectivity index (χ1n) is 8.14. The quantitative estimate of drug-likeness (QED) is 0.456. The Morgan fingerprint density at radius 3 is 2.38 bits per heavy atom. The number of nitrogens with two attached hydrogens (primary N) is 1. The predicted molar refractivity (Wildman–Crippen MR) is 108 cm³/mol. The average Bonchev–Trinajstić information content (AvgIpc) is 2.65. The molecule has 0 aromatic heterocycles. The van der Waals surface area contributed by atoms with Gasteiger partial charge in [0.15, 0.2) is 0 Å². The minimum absolute atomic E-state index is 0.574. The van der Waals surface area contributed by atoms with Gasteiger partial charge in [-0.15, -0.1) is 0 Å². The number of fused-ring (bicyclic) bond motifs is 2. The summed E-state index contributed by atoms with van der Waals surface area (Å²) in [5.74, 6) is 0. The molecule has 4 rings (SSSR count). The van der Waals surface area contributed by atoms with Gasteiger partial charge in [0.05, 0.1) is 11.4 Å². The summed E-state index contributed by atoms with van der Waals surface area (Å²) in [5, 5.41) is 6.05. The lowest BCUT2D eigenvalue weighted by molar-refractivity contribution is 0.259. The topological polar surface area (TPSA) is 67.1 Å². The van der Waals surface area contributed by atoms with Crippen LogP contribution in [0, 0.1) is 0 Å². The van der Waals surface area contributed by atoms with Crippen molar-refractivity contribution in [3.63, 3.8) is 0 Å². The molecule has 0 unspecified atom stereocenters. The number of hydrogen-bond donors (Lipinski definition) is 3. The zero-order valence-corrected chi connectivity index (χ0v) is 14.8. The second-order valence-electron chi connectivity index (χ2n) is 5.98. The highest BCUT2D eigenvalue weighted by Crippen LogP contribution is 2.44. The van der Waals surface area contributed by atoms with Gasteiger partial charge >= 0.3 is 6.03 Å². The molecule has 0 fully saturated rings. The number of para-hydroxylation sites is 1. The molecule has 1 aliphatic heterocycles. The number of benzene rings is 3. The van der Waals surface area contributed by atoms with Crippen LogP contribution >= 0.6 is 11.8 Å². The van der Waals surface area contributed by atoms with Gasteiger partial charge in [0, 0.05) is 15.5 Å². The van der Waals surface area contributed by atoms with E-state index in [1.807, 2.05) is 36.4 Å². The monoisotopic (exact) mass is 359 g/mol. The molecule has 0 radical (unpaired) electrons. The second-order valence-corrected chi connectivity index (χ2v) is 7.06. The van der Waals surface area contributed by atoms with Crippen molar-refractivity contribution in [2.45, 2.75) is 9.79 Å². The average molecular weight is 359 g/mol. The van der Waals surface area contributed by atoms with Crippen molar-refractivity contribution in [2.24, 2.45) is 5.73 Å². The Bertz CT molecular complexity index is 1010. The Kier molecular flexibility index (Phi) is 4.14. The van der Waals surface area contributed by atoms with Crippen molar-refractivity contribution in [1.29, 1.82) is 0 Å². The van der Waals surface area contributed by atoms with Crippen LogP contribution in [-0.4, -0.2) is 6.03 Å². The smallest absolute Gasteiger partial charge is 0.316 e. The van der Waals surface area contributed by atoms with Crippen LogP contribution in [0.4, 0.5) is 21.9 Å². The van der Waals surface area contributed by atoms with E-state index in [1.54, 1.807) is 11.8 Å². The molecule has 1 heterocycles. The molecule has 0 saturated heterocycles. The third kappa shape index (κ3) is 3.17. The summed E-state index contributed by atoms with van der Waals surface area (Å²) in [6, 6.07) is 21.5. The van der Waals surface area contributed by atoms with E-state index < -0.39 is 6.03 Å². The maximum Gasteiger partial charge on any atom is 0.316 e. The van der Waals surface area contributed by atoms with Gasteiger partial charge in [-0.05, 0) is 53.1 Å². The number of hydrogen-bond acceptors (Lipinski definition) is 3. The molecule has 0 atom stereocenters. The van der Waals surface area contributed by atoms with Gasteiger partial charge in [0.25, 0.3) is 0 Å². The number of rotatable bonds is 3. The van der Waals surface area contributed by atoms with E-state index in [-0.39, 0.29) is 0 Å². The van der Waals surface area contributed by atoms with Gasteiger partial charge in [0.2, 0.25) is 0 Å². The van der Waals surface area contributed by atoms with Crippen LogP contribution in [-0.2, 0) is 0 Å². The lowest BCUT2D eigenvalue weighted by Gasteiger charge is -2.21. The summed E-state index contributed by atoms with van der Waals surface area (Å²) in [7, 11) is 0. The Morgan fingerprint density at radius 2 is 1.62 bits per heavy atom. The maximum absolute atomic E-state index is 10.9. The maximum atomic E-state index is 10.9. The number of amides is 2. The largest absolute Gasteiger partial charge is 0.354 e. The first-order valence-corrected chi connectivity index (χ1v) is 8.96. The molecule has 0 saturated carbocycles. The molecular formula is C21H17N3OS. The number of nitrogens with one attached hydrogen (secondary N) is 2. The molecule has 3 aromatic carbocycles. The van der Waals surface area contributed by atoms with Crippen molar-refractivity contribution in [1.82, 2.24) is 0 Å². The van der Waals surface area contributed by atoms with Gasteiger partial charge in [-0.3, -0.25) is 0 Å². The first kappa shape index (κ1) is 16.3. The fourth-order valence-electron chi connectivity index (χ4n) is 2.89. The number of carbonyl (C=O) groups excluding carboxylic acids is 1. The van der Waals surface area contributed by atoms with Crippen molar-refractivity contribution in [3.8, 4) is 0 Å². The molecule has 3 aromatic rings. The molecule has 5 heteroatoms. The summed E-state index contributed by atoms with van der Waals surface area (Å²) in [6.45, 7) is 4.23. The number of primary amides is 1. The van der Waals surface area contributed by atoms with E-state index in [0.29, 0.717) is 5.69 Å². The van der Waals surface area contributed by atoms with E-state index in [4.69, 9.17) is 5.73 Å². The van der Waals surface area contributed by atoms with Crippen LogP contribution in [0.2, 0.25) is 0 Å². The van der Waals surface area contributed by atoms with Gasteiger partial charge < -0.3 is 16.4 Å². The summed E-state index contributed by atoms with van der Waals surface area (Å²) >= 11 is 1.76. The Labute approximate surface area is 156 Å². The normalized spacial score (nSPS) is 11.7. The van der Waals surface area contributed by atoms with Crippen LogP contribution in [0.1, 0.15) is 11.1 Å². The molecule has 4 N–H and O–H groups in total. The number of urea groups is 1. The van der Waals surface area contributed by atoms with E-state index in [0.717, 1.165) is 28.1 Å². The lowest BCUT2D eigenvalue weighted by Crippen LogP contribution is -2.19. The van der Waals surface area contributed by atoms with Gasteiger partial charge in [-0.25, -0.2) is 4.79 Å². The minimum Gasteiger partial charge on any atom is -0.354 e. The highest BCUT2D eigenvalue weighted by Gasteiger charge is 2.16. The van der Waals surface area contributed by atoms with E-state index in [1.165, 1.54) is 9.79 Å². The number of carbonyl (C=O) groups is 1. The molecule has 2 amide bonds. The van der Waals surface area contributed by atoms with Gasteiger partial charge in [0.1, 0.15) is 0 Å². The molecule has 0 spiro atoms. The highest BCUT2D eigenvalue weighted by atomic mass is 32.2. The molecule has 0 aliphatic carbocycles. The zero-order valence-electron chi connectivity index (χ0n) is 14.0. The van der Waals surface area contributed by atoms with Crippen LogP contribution in [0.3, 0.4) is 0 Å². The summed E-state index contributed by atoms with van der Waals surface area (Å²) < 4.78 is 0. The van der Waals surface area contributed by atoms with Crippen molar-refractivity contribution >= 4 is 40.4 Å². The lowest BCUT2D eigenvalue weighted by atomic mass is 9.99. The predicted octanol–water partition coefficient (Wildman–Crippen LogP) is 5.45. The molecular weight excluding hydrogens is 342 g/mol. The van der Waals surface area contributed by atoms with E-state index in [2.05, 4.69) is 47.5 Å². The first-order chi connectivity index (χ1) is 12.6. The zero-order chi connectivity index (χ0) is 18.1. The molecule has 0 bridgehead atoms. The van der Waals surface area contributed by atoms with Crippen LogP contribution in [0.25, 0.3) is 5.57 Å². The highest BCUT2D eigenvalue weighted by molar-refractivity contribution is 7.99. The van der Waals surface area contributed by atoms with Crippen LogP contribution in [0.5, 0.6) is 0 Å². The van der Waals surface area contributed by atoms with Crippen LogP contribution < -0.4 is 16.4 Å². The standard InChI is InChI=1S/C21H17N3OS/c1-13(14-6-9-16(10-7-14)23-21(22)25)15-8-11-20-18(12-15)24-17-4-2-3-5-19(17)26-20/h2-12,24H,1H2,(H3,22,23,25). The summed E-state index contributed by atoms with van der Waals surface area (Å²) in [4.78, 5) is 13.3. The Morgan fingerprint density at radius 1 is 0.923 bits per heavy atom. The van der Waals surface area contributed by atoms with Gasteiger partial charge in [-0.1, -0.05) is 48.7 Å². The SMILES string of the molecule is C=C(c1ccc(NC(N)=O)cc1)c1ccc2c(c1)Nc1ccccc1S2. The van der Waals surface area contributed by atoms with Crippen LogP contribution in [0.15, 0.2) is 83.1 Å². The Balaban J connectivity index is 1.59. The number of anilines is 3. The van der Waals surface area contributed by atoms with Crippen molar-refractivity contribution in [3.05, 3.63) is 84.4 Å². The summed E-state index contributed by atoms with van der Waals surface area (Å²) in [5.41, 5.74) is 11.0. The van der Waals surface area contributed by atoms with E-state index >= 15 is 0 Å². The summed E-state index contributed by atoms with van der Waals surface area (Å²) in [6.07, 6.45) is 0. The molecule has 1 aliphatic rings. The van der Waals surface area contributed by atoms with Gasteiger partial charge in [-0.2, -0.15) is 0 Å². The molecule has 128 valence electrons. The fraction of sp³-hybridized carbons (Fsp3) is 0. The van der Waals surface area contributed by atoms with Crippen molar-refractivity contribution < 1.29 is 4.79 Å².